The first-order valence-electron chi connectivity index (χ1n) is 6.23. The van der Waals surface area contributed by atoms with Gasteiger partial charge in [-0.05, 0) is 24.8 Å². The first-order chi connectivity index (χ1) is 8.56. The van der Waals surface area contributed by atoms with Crippen molar-refractivity contribution >= 4 is 6.03 Å². The lowest BCUT2D eigenvalue weighted by Crippen LogP contribution is -2.37. The summed E-state index contributed by atoms with van der Waals surface area (Å²) < 4.78 is 27.8. The standard InChI is InChI=1S/C13H15F2N2O/c14-13(15)6-2-1-3-9(13)8-4-5-10-11(7-8)17-12(18)16-10/h1,4-5,7,9-11H,2-3,6H2,(H2,16,17,18). The molecule has 1 saturated carbocycles. The summed E-state index contributed by atoms with van der Waals surface area (Å²) in [6.07, 6.45) is 8.01. The molecule has 0 aromatic rings. The minimum atomic E-state index is -2.65. The Hall–Kier alpha value is -1.39. The van der Waals surface area contributed by atoms with Gasteiger partial charge in [-0.1, -0.05) is 18.2 Å². The van der Waals surface area contributed by atoms with Crippen LogP contribution in [-0.2, 0) is 0 Å². The molecule has 3 nitrogen and oxygen atoms in total. The Bertz CT molecular complexity index is 431. The zero-order chi connectivity index (χ0) is 12.8. The van der Waals surface area contributed by atoms with Gasteiger partial charge in [0.05, 0.1) is 12.1 Å². The number of carbonyl (C=O) groups is 1. The minimum Gasteiger partial charge on any atom is -0.330 e. The van der Waals surface area contributed by atoms with E-state index in [1.165, 1.54) is 0 Å². The van der Waals surface area contributed by atoms with Crippen molar-refractivity contribution in [2.75, 3.05) is 0 Å². The van der Waals surface area contributed by atoms with Crippen LogP contribution in [-0.4, -0.2) is 24.0 Å². The van der Waals surface area contributed by atoms with Crippen LogP contribution in [0.25, 0.3) is 0 Å². The number of amides is 2. The highest BCUT2D eigenvalue weighted by atomic mass is 19.3. The summed E-state index contributed by atoms with van der Waals surface area (Å²) in [4.78, 5) is 11.2. The molecular formula is C13H15F2N2O. The van der Waals surface area contributed by atoms with Crippen LogP contribution in [0, 0.1) is 12.3 Å². The molecule has 3 atom stereocenters. The van der Waals surface area contributed by atoms with Gasteiger partial charge in [-0.3, -0.25) is 0 Å². The molecule has 5 heteroatoms. The molecular weight excluding hydrogens is 238 g/mol. The van der Waals surface area contributed by atoms with Crippen LogP contribution >= 0.6 is 0 Å². The van der Waals surface area contributed by atoms with Crippen LogP contribution in [0.3, 0.4) is 0 Å². The summed E-state index contributed by atoms with van der Waals surface area (Å²) in [5.41, 5.74) is 0.640. The Kier molecular flexibility index (Phi) is 2.64. The van der Waals surface area contributed by atoms with Gasteiger partial charge in [0.2, 0.25) is 0 Å². The number of urea groups is 1. The van der Waals surface area contributed by atoms with Gasteiger partial charge in [0, 0.05) is 12.3 Å². The SMILES string of the molecule is O=C1NC2C=CC(C3C[CH]CCC3(F)F)=CC2N1. The normalized spacial score (nSPS) is 37.6. The summed E-state index contributed by atoms with van der Waals surface area (Å²) in [5, 5.41) is 5.44. The Labute approximate surface area is 104 Å². The van der Waals surface area contributed by atoms with Crippen molar-refractivity contribution in [2.24, 2.45) is 5.92 Å². The fourth-order valence-corrected chi connectivity index (χ4v) is 2.85. The van der Waals surface area contributed by atoms with Crippen LogP contribution in [0.2, 0.25) is 0 Å². The smallest absolute Gasteiger partial charge is 0.315 e. The summed E-state index contributed by atoms with van der Waals surface area (Å²) in [5.74, 6) is -3.39. The number of rotatable bonds is 1. The molecule has 1 saturated heterocycles. The molecule has 1 radical (unpaired) electrons. The molecule has 2 amide bonds. The monoisotopic (exact) mass is 253 g/mol. The predicted molar refractivity (Wildman–Crippen MR) is 63.1 cm³/mol. The van der Waals surface area contributed by atoms with Crippen LogP contribution in [0.1, 0.15) is 19.3 Å². The van der Waals surface area contributed by atoms with E-state index in [0.717, 1.165) is 0 Å². The van der Waals surface area contributed by atoms with Crippen molar-refractivity contribution in [2.45, 2.75) is 37.3 Å². The van der Waals surface area contributed by atoms with Crippen LogP contribution in [0.4, 0.5) is 13.6 Å². The Morgan fingerprint density at radius 2 is 2.06 bits per heavy atom. The third kappa shape index (κ3) is 1.91. The van der Waals surface area contributed by atoms with Gasteiger partial charge >= 0.3 is 6.03 Å². The molecule has 0 bridgehead atoms. The zero-order valence-corrected chi connectivity index (χ0v) is 9.83. The fraction of sp³-hybridized carbons (Fsp3) is 0.538. The van der Waals surface area contributed by atoms with Gasteiger partial charge < -0.3 is 10.6 Å². The number of nitrogens with one attached hydrogen (secondary N) is 2. The van der Waals surface area contributed by atoms with Crippen molar-refractivity contribution in [1.29, 1.82) is 0 Å². The van der Waals surface area contributed by atoms with Gasteiger partial charge in [-0.25, -0.2) is 13.6 Å². The molecule has 3 unspecified atom stereocenters. The van der Waals surface area contributed by atoms with E-state index in [1.807, 2.05) is 6.42 Å². The quantitative estimate of drug-likeness (QED) is 0.739. The van der Waals surface area contributed by atoms with Gasteiger partial charge in [0.1, 0.15) is 0 Å². The average Bonchev–Trinajstić information content (AvgIpc) is 2.67. The average molecular weight is 253 g/mol. The first kappa shape index (κ1) is 11.7. The molecule has 2 aliphatic carbocycles. The van der Waals surface area contributed by atoms with Gasteiger partial charge in [-0.15, -0.1) is 0 Å². The number of carbonyl (C=O) groups excluding carboxylic acids is 1. The maximum Gasteiger partial charge on any atom is 0.315 e. The number of hydrogen-bond donors (Lipinski definition) is 2. The highest BCUT2D eigenvalue weighted by molar-refractivity contribution is 5.78. The van der Waals surface area contributed by atoms with Crippen LogP contribution < -0.4 is 10.6 Å². The van der Waals surface area contributed by atoms with Crippen LogP contribution in [0.5, 0.6) is 0 Å². The summed E-state index contributed by atoms with van der Waals surface area (Å²) in [7, 11) is 0. The molecule has 0 spiro atoms. The van der Waals surface area contributed by atoms with E-state index >= 15 is 0 Å². The molecule has 2 N–H and O–H groups in total. The maximum absolute atomic E-state index is 13.9. The van der Waals surface area contributed by atoms with Crippen molar-refractivity contribution in [3.63, 3.8) is 0 Å². The van der Waals surface area contributed by atoms with E-state index in [9.17, 15) is 13.6 Å². The maximum atomic E-state index is 13.9. The summed E-state index contributed by atoms with van der Waals surface area (Å²) in [6, 6.07) is -0.549. The second kappa shape index (κ2) is 4.07. The minimum absolute atomic E-state index is 0.0818. The van der Waals surface area contributed by atoms with Crippen LogP contribution in [0.15, 0.2) is 23.8 Å². The third-order valence-corrected chi connectivity index (χ3v) is 3.85. The van der Waals surface area contributed by atoms with E-state index < -0.39 is 11.8 Å². The van der Waals surface area contributed by atoms with E-state index in [1.54, 1.807) is 18.2 Å². The van der Waals surface area contributed by atoms with Crippen molar-refractivity contribution < 1.29 is 13.6 Å². The Morgan fingerprint density at radius 3 is 2.83 bits per heavy atom. The Morgan fingerprint density at radius 1 is 1.28 bits per heavy atom. The second-order valence-corrected chi connectivity index (χ2v) is 5.07. The van der Waals surface area contributed by atoms with Gasteiger partial charge in [0.15, 0.2) is 0 Å². The fourth-order valence-electron chi connectivity index (χ4n) is 2.85. The van der Waals surface area contributed by atoms with E-state index in [-0.39, 0.29) is 24.5 Å². The van der Waals surface area contributed by atoms with Gasteiger partial charge in [0.25, 0.3) is 5.92 Å². The molecule has 0 aromatic carbocycles. The number of hydrogen-bond acceptors (Lipinski definition) is 1. The molecule has 3 rings (SSSR count). The molecule has 1 heterocycles. The number of fused-ring (bicyclic) bond motifs is 1. The highest BCUT2D eigenvalue weighted by Gasteiger charge is 2.44. The third-order valence-electron chi connectivity index (χ3n) is 3.85. The molecule has 18 heavy (non-hydrogen) atoms. The summed E-state index contributed by atoms with van der Waals surface area (Å²) in [6.45, 7) is 0. The lowest BCUT2D eigenvalue weighted by atomic mass is 9.78. The first-order valence-corrected chi connectivity index (χ1v) is 6.23. The Balaban J connectivity index is 1.83. The highest BCUT2D eigenvalue weighted by Crippen LogP contribution is 2.43. The van der Waals surface area contributed by atoms with E-state index in [2.05, 4.69) is 10.6 Å². The molecule has 0 aromatic heterocycles. The number of allylic oxidation sites excluding steroid dienone is 2. The predicted octanol–water partition coefficient (Wildman–Crippen LogP) is 2.17. The topological polar surface area (TPSA) is 41.1 Å². The lowest BCUT2D eigenvalue weighted by Gasteiger charge is -2.33. The molecule has 3 aliphatic rings. The van der Waals surface area contributed by atoms with E-state index in [0.29, 0.717) is 18.4 Å². The van der Waals surface area contributed by atoms with Gasteiger partial charge in [-0.2, -0.15) is 0 Å². The van der Waals surface area contributed by atoms with E-state index in [4.69, 9.17) is 0 Å². The molecule has 1 aliphatic heterocycles. The molecule has 2 fully saturated rings. The summed E-state index contributed by atoms with van der Waals surface area (Å²) >= 11 is 0. The lowest BCUT2D eigenvalue weighted by molar-refractivity contribution is -0.0616. The van der Waals surface area contributed by atoms with Crippen molar-refractivity contribution in [3.8, 4) is 0 Å². The number of alkyl halides is 2. The van der Waals surface area contributed by atoms with Crippen molar-refractivity contribution in [1.82, 2.24) is 10.6 Å². The zero-order valence-electron chi connectivity index (χ0n) is 9.83. The second-order valence-electron chi connectivity index (χ2n) is 5.07. The molecule has 97 valence electrons. The van der Waals surface area contributed by atoms with Crippen molar-refractivity contribution in [3.05, 3.63) is 30.2 Å². The number of halogens is 2. The largest absolute Gasteiger partial charge is 0.330 e.